The van der Waals surface area contributed by atoms with E-state index in [1.54, 1.807) is 0 Å². The Hall–Kier alpha value is -1.94. The van der Waals surface area contributed by atoms with Crippen molar-refractivity contribution < 1.29 is 80.2 Å². The summed E-state index contributed by atoms with van der Waals surface area (Å²) in [6.07, 6.45) is 47.3. The molecule has 0 aromatic carbocycles. The molecule has 0 aromatic rings. The lowest BCUT2D eigenvalue weighted by atomic mass is 10.0. The topological polar surface area (TPSA) is 237 Å². The number of unbranched alkanes of at least 4 members (excludes halogenated alkanes) is 38. The van der Waals surface area contributed by atoms with Crippen LogP contribution >= 0.6 is 15.6 Å². The third-order valence-corrected chi connectivity index (χ3v) is 18.5. The molecule has 0 aromatic heterocycles. The molecule has 5 atom stereocenters. The fraction of sp³-hybridized carbons (Fsp3) is 0.944. The molecular formula is C72H140O17P2. The first-order valence-corrected chi connectivity index (χ1v) is 40.3. The Morgan fingerprint density at radius 3 is 0.747 bits per heavy atom. The van der Waals surface area contributed by atoms with Gasteiger partial charge < -0.3 is 33.8 Å². The maximum absolute atomic E-state index is 13.0. The van der Waals surface area contributed by atoms with Crippen LogP contribution in [0.15, 0.2) is 0 Å². The van der Waals surface area contributed by atoms with E-state index in [4.69, 9.17) is 37.0 Å². The summed E-state index contributed by atoms with van der Waals surface area (Å²) in [5.41, 5.74) is 0. The van der Waals surface area contributed by atoms with Gasteiger partial charge in [-0.2, -0.15) is 0 Å². The van der Waals surface area contributed by atoms with Gasteiger partial charge in [0.05, 0.1) is 26.4 Å². The zero-order valence-electron chi connectivity index (χ0n) is 59.3. The van der Waals surface area contributed by atoms with E-state index in [-0.39, 0.29) is 25.7 Å². The molecule has 0 fully saturated rings. The molecule has 0 saturated carbocycles. The van der Waals surface area contributed by atoms with Gasteiger partial charge in [0, 0.05) is 25.7 Å². The highest BCUT2D eigenvalue weighted by molar-refractivity contribution is 7.47. The maximum Gasteiger partial charge on any atom is 0.472 e. The summed E-state index contributed by atoms with van der Waals surface area (Å²) in [6, 6.07) is 0. The maximum atomic E-state index is 13.0. The molecule has 0 saturated heterocycles. The van der Waals surface area contributed by atoms with Gasteiger partial charge in [-0.25, -0.2) is 9.13 Å². The summed E-state index contributed by atoms with van der Waals surface area (Å²) in [5.74, 6) is 0.194. The molecule has 2 unspecified atom stereocenters. The summed E-state index contributed by atoms with van der Waals surface area (Å²) in [7, 11) is -9.90. The summed E-state index contributed by atoms with van der Waals surface area (Å²) >= 11 is 0. The second-order valence-electron chi connectivity index (χ2n) is 27.4. The first kappa shape index (κ1) is 89.1. The lowest BCUT2D eigenvalue weighted by Gasteiger charge is -2.21. The van der Waals surface area contributed by atoms with E-state index in [1.165, 1.54) is 161 Å². The fourth-order valence-corrected chi connectivity index (χ4v) is 12.5. The summed E-state index contributed by atoms with van der Waals surface area (Å²) in [4.78, 5) is 72.5. The zero-order valence-corrected chi connectivity index (χ0v) is 61.1. The highest BCUT2D eigenvalue weighted by Crippen LogP contribution is 2.45. The summed E-state index contributed by atoms with van der Waals surface area (Å²) < 4.78 is 68.3. The van der Waals surface area contributed by atoms with Crippen LogP contribution in [0.2, 0.25) is 0 Å². The van der Waals surface area contributed by atoms with Gasteiger partial charge in [-0.15, -0.1) is 0 Å². The number of hydrogen-bond donors (Lipinski definition) is 3. The molecule has 17 nitrogen and oxygen atoms in total. The second-order valence-corrected chi connectivity index (χ2v) is 30.3. The number of carbonyl (C=O) groups is 4. The minimum absolute atomic E-state index is 0.105. The highest BCUT2D eigenvalue weighted by Gasteiger charge is 2.30. The smallest absolute Gasteiger partial charge is 0.462 e. The molecule has 0 aliphatic carbocycles. The molecule has 0 bridgehead atoms. The molecule has 19 heteroatoms. The quantitative estimate of drug-likeness (QED) is 0.0222. The Balaban J connectivity index is 5.21. The summed E-state index contributed by atoms with van der Waals surface area (Å²) in [6.45, 7) is 11.8. The fourth-order valence-electron chi connectivity index (χ4n) is 10.9. The van der Waals surface area contributed by atoms with Gasteiger partial charge in [0.1, 0.15) is 19.3 Å². The molecular weight excluding hydrogens is 1200 g/mol. The van der Waals surface area contributed by atoms with E-state index in [0.29, 0.717) is 25.7 Å². The molecule has 3 N–H and O–H groups in total. The van der Waals surface area contributed by atoms with E-state index >= 15 is 0 Å². The monoisotopic (exact) mass is 1340 g/mol. The van der Waals surface area contributed by atoms with Crippen molar-refractivity contribution in [2.24, 2.45) is 17.8 Å². The van der Waals surface area contributed by atoms with E-state index in [0.717, 1.165) is 120 Å². The lowest BCUT2D eigenvalue weighted by molar-refractivity contribution is -0.161. The molecule has 0 aliphatic heterocycles. The van der Waals surface area contributed by atoms with Crippen molar-refractivity contribution in [3.05, 3.63) is 0 Å². The zero-order chi connectivity index (χ0) is 67.3. The molecule has 0 radical (unpaired) electrons. The van der Waals surface area contributed by atoms with E-state index < -0.39 is 97.5 Å². The lowest BCUT2D eigenvalue weighted by Crippen LogP contribution is -2.30. The van der Waals surface area contributed by atoms with Crippen molar-refractivity contribution in [1.29, 1.82) is 0 Å². The predicted octanol–water partition coefficient (Wildman–Crippen LogP) is 20.6. The standard InChI is InChI=1S/C72H140O17P2/c1-8-9-10-11-29-39-46-53-69(74)82-59-67(88-72(77)56-49-42-35-28-22-21-25-32-38-45-52-65(6)7)61-86-90(78,79)84-57-66(73)58-85-91(80,81)87-62-68(60-83-70(75)54-47-40-33-26-19-16-15-18-24-31-37-44-51-64(4)5)89-71(76)55-48-41-34-27-20-14-12-13-17-23-30-36-43-50-63(2)3/h63-68,73H,8-62H2,1-7H3,(H,78,79)(H,80,81)/t66-,67+,68+/m0/s1. The Bertz CT molecular complexity index is 1780. The van der Waals surface area contributed by atoms with E-state index in [1.807, 2.05) is 0 Å². The number of hydrogen-bond acceptors (Lipinski definition) is 15. The largest absolute Gasteiger partial charge is 0.472 e. The number of rotatable bonds is 70. The van der Waals surface area contributed by atoms with Gasteiger partial charge in [-0.3, -0.25) is 37.3 Å². The molecule has 0 spiro atoms. The van der Waals surface area contributed by atoms with Crippen molar-refractivity contribution in [2.75, 3.05) is 39.6 Å². The van der Waals surface area contributed by atoms with Gasteiger partial charge in [0.25, 0.3) is 0 Å². The van der Waals surface area contributed by atoms with Crippen LogP contribution in [-0.2, 0) is 65.4 Å². The average molecular weight is 1340 g/mol. The van der Waals surface area contributed by atoms with Crippen LogP contribution in [0.25, 0.3) is 0 Å². The van der Waals surface area contributed by atoms with Crippen molar-refractivity contribution >= 4 is 39.5 Å². The van der Waals surface area contributed by atoms with Crippen LogP contribution < -0.4 is 0 Å². The number of esters is 4. The SMILES string of the molecule is CCCCCCCCCC(=O)OC[C@H](COP(=O)(O)OC[C@H](O)COP(=O)(O)OC[C@@H](COC(=O)CCCCCCCCCCCCCCC(C)C)OC(=O)CCCCCCCCCCCCCCCC(C)C)OC(=O)CCCCCCCCCCCCC(C)C. The van der Waals surface area contributed by atoms with Crippen molar-refractivity contribution in [2.45, 2.75) is 381 Å². The molecule has 0 amide bonds. The molecule has 91 heavy (non-hydrogen) atoms. The molecule has 0 aliphatic rings. The third kappa shape index (κ3) is 66.5. The number of aliphatic hydroxyl groups is 1. The minimum atomic E-state index is -4.95. The van der Waals surface area contributed by atoms with Crippen LogP contribution in [0.5, 0.6) is 0 Å². The number of phosphoric acid groups is 2. The highest BCUT2D eigenvalue weighted by atomic mass is 31.2. The van der Waals surface area contributed by atoms with Gasteiger partial charge in [-0.05, 0) is 43.4 Å². The third-order valence-electron chi connectivity index (χ3n) is 16.6. The van der Waals surface area contributed by atoms with Gasteiger partial charge in [-0.1, -0.05) is 312 Å². The van der Waals surface area contributed by atoms with Crippen molar-refractivity contribution in [3.8, 4) is 0 Å². The molecule has 540 valence electrons. The summed E-state index contributed by atoms with van der Waals surface area (Å²) in [5, 5.41) is 10.6. The molecule has 0 rings (SSSR count). The van der Waals surface area contributed by atoms with Gasteiger partial charge in [0.15, 0.2) is 12.2 Å². The molecule has 0 heterocycles. The Labute approximate surface area is 556 Å². The first-order chi connectivity index (χ1) is 43.7. The van der Waals surface area contributed by atoms with Crippen LogP contribution in [0, 0.1) is 17.8 Å². The number of aliphatic hydroxyl groups excluding tert-OH is 1. The van der Waals surface area contributed by atoms with Crippen LogP contribution in [-0.4, -0.2) is 96.7 Å². The van der Waals surface area contributed by atoms with Crippen molar-refractivity contribution in [1.82, 2.24) is 0 Å². The average Bonchev–Trinajstić information content (AvgIpc) is 3.48. The Kier molecular flexibility index (Phi) is 61.5. The number of phosphoric ester groups is 2. The van der Waals surface area contributed by atoms with Gasteiger partial charge >= 0.3 is 39.5 Å². The van der Waals surface area contributed by atoms with Crippen LogP contribution in [0.3, 0.4) is 0 Å². The Morgan fingerprint density at radius 2 is 0.505 bits per heavy atom. The van der Waals surface area contributed by atoms with Crippen LogP contribution in [0.4, 0.5) is 0 Å². The van der Waals surface area contributed by atoms with Crippen molar-refractivity contribution in [3.63, 3.8) is 0 Å². The first-order valence-electron chi connectivity index (χ1n) is 37.3. The number of carbonyl (C=O) groups excluding carboxylic acids is 4. The van der Waals surface area contributed by atoms with Crippen LogP contribution in [0.1, 0.15) is 363 Å². The second kappa shape index (κ2) is 62.8. The minimum Gasteiger partial charge on any atom is -0.462 e. The van der Waals surface area contributed by atoms with Gasteiger partial charge in [0.2, 0.25) is 0 Å². The number of ether oxygens (including phenoxy) is 4. The normalized spacial score (nSPS) is 14.2. The Morgan fingerprint density at radius 1 is 0.297 bits per heavy atom. The van der Waals surface area contributed by atoms with E-state index in [2.05, 4.69) is 48.5 Å². The van der Waals surface area contributed by atoms with E-state index in [9.17, 15) is 43.2 Å². The predicted molar refractivity (Wildman–Crippen MR) is 368 cm³/mol.